The minimum atomic E-state index is -0.477. The molecule has 1 heterocycles. The lowest BCUT2D eigenvalue weighted by Crippen LogP contribution is -2.25. The second-order valence-electron chi connectivity index (χ2n) is 4.24. The second kappa shape index (κ2) is 5.61. The van der Waals surface area contributed by atoms with Gasteiger partial charge in [0.15, 0.2) is 0 Å². The topological polar surface area (TPSA) is 26.3 Å². The molecular weight excluding hydrogens is 243 g/mol. The molecule has 2 rings (SSSR count). The van der Waals surface area contributed by atoms with Gasteiger partial charge in [0.25, 0.3) is 0 Å². The lowest BCUT2D eigenvalue weighted by atomic mass is 9.91. The molecule has 17 heavy (non-hydrogen) atoms. The van der Waals surface area contributed by atoms with Gasteiger partial charge in [0.2, 0.25) is 0 Å². The van der Waals surface area contributed by atoms with Crippen LogP contribution in [0.2, 0.25) is 5.02 Å². The van der Waals surface area contributed by atoms with Gasteiger partial charge in [0, 0.05) is 25.6 Å². The predicted molar refractivity (Wildman–Crippen MR) is 63.7 cm³/mol. The highest BCUT2D eigenvalue weighted by molar-refractivity contribution is 6.30. The van der Waals surface area contributed by atoms with Gasteiger partial charge in [-0.1, -0.05) is 23.7 Å². The van der Waals surface area contributed by atoms with Crippen molar-refractivity contribution in [2.24, 2.45) is 5.92 Å². The Morgan fingerprint density at radius 2 is 2.12 bits per heavy atom. The molecule has 0 bridgehead atoms. The number of Topliss-reactive ketones (excluding diaryl/α,β-unsaturated/α-hetero) is 1. The van der Waals surface area contributed by atoms with E-state index >= 15 is 0 Å². The van der Waals surface area contributed by atoms with Crippen molar-refractivity contribution < 1.29 is 13.9 Å². The van der Waals surface area contributed by atoms with Crippen LogP contribution in [0.1, 0.15) is 18.4 Å². The minimum absolute atomic E-state index is 0.00197. The Morgan fingerprint density at radius 1 is 1.41 bits per heavy atom. The highest BCUT2D eigenvalue weighted by Gasteiger charge is 2.22. The number of ether oxygens (including phenoxy) is 1. The molecule has 1 aromatic rings. The van der Waals surface area contributed by atoms with Crippen molar-refractivity contribution in [3.63, 3.8) is 0 Å². The Bertz CT molecular complexity index is 414. The van der Waals surface area contributed by atoms with Crippen LogP contribution in [-0.4, -0.2) is 19.0 Å². The Hall–Kier alpha value is -0.930. The number of carbonyl (C=O) groups excluding carboxylic acids is 1. The molecular formula is C13H14ClFO2. The first-order chi connectivity index (χ1) is 8.18. The zero-order valence-electron chi connectivity index (χ0n) is 9.42. The van der Waals surface area contributed by atoms with E-state index in [-0.39, 0.29) is 23.1 Å². The van der Waals surface area contributed by atoms with Crippen LogP contribution in [0.3, 0.4) is 0 Å². The predicted octanol–water partition coefficient (Wildman–Crippen LogP) is 3.02. The number of hydrogen-bond donors (Lipinski definition) is 0. The molecule has 0 spiro atoms. The average molecular weight is 257 g/mol. The van der Waals surface area contributed by atoms with Crippen LogP contribution < -0.4 is 0 Å². The van der Waals surface area contributed by atoms with Crippen LogP contribution in [0.25, 0.3) is 0 Å². The van der Waals surface area contributed by atoms with E-state index in [1.54, 1.807) is 12.1 Å². The molecule has 0 radical (unpaired) electrons. The van der Waals surface area contributed by atoms with Crippen LogP contribution in [0.5, 0.6) is 0 Å². The quantitative estimate of drug-likeness (QED) is 0.831. The Labute approximate surface area is 105 Å². The van der Waals surface area contributed by atoms with E-state index in [1.807, 2.05) is 0 Å². The van der Waals surface area contributed by atoms with Gasteiger partial charge < -0.3 is 4.74 Å². The van der Waals surface area contributed by atoms with Crippen LogP contribution >= 0.6 is 11.6 Å². The number of hydrogen-bond acceptors (Lipinski definition) is 2. The monoisotopic (exact) mass is 256 g/mol. The molecule has 92 valence electrons. The molecule has 1 fully saturated rings. The van der Waals surface area contributed by atoms with Crippen molar-refractivity contribution in [1.82, 2.24) is 0 Å². The van der Waals surface area contributed by atoms with Crippen LogP contribution in [0.15, 0.2) is 18.2 Å². The van der Waals surface area contributed by atoms with Crippen molar-refractivity contribution in [1.29, 1.82) is 0 Å². The molecule has 2 nitrogen and oxygen atoms in total. The number of ketones is 1. The van der Waals surface area contributed by atoms with E-state index in [0.29, 0.717) is 18.8 Å². The summed E-state index contributed by atoms with van der Waals surface area (Å²) >= 11 is 5.68. The second-order valence-corrected chi connectivity index (χ2v) is 4.65. The molecule has 1 aliphatic heterocycles. The lowest BCUT2D eigenvalue weighted by Gasteiger charge is -2.20. The van der Waals surface area contributed by atoms with E-state index < -0.39 is 5.82 Å². The van der Waals surface area contributed by atoms with Gasteiger partial charge in [-0.3, -0.25) is 4.79 Å². The molecule has 1 saturated heterocycles. The summed E-state index contributed by atoms with van der Waals surface area (Å²) in [6.07, 6.45) is 1.60. The molecule has 0 aromatic heterocycles. The molecule has 0 atom stereocenters. The van der Waals surface area contributed by atoms with Crippen LogP contribution in [0, 0.1) is 11.7 Å². The summed E-state index contributed by atoms with van der Waals surface area (Å²) < 4.78 is 18.8. The van der Waals surface area contributed by atoms with Crippen molar-refractivity contribution >= 4 is 17.4 Å². The summed E-state index contributed by atoms with van der Waals surface area (Å²) in [5, 5.41) is 0.0716. The minimum Gasteiger partial charge on any atom is -0.381 e. The third-order valence-electron chi connectivity index (χ3n) is 3.07. The van der Waals surface area contributed by atoms with Gasteiger partial charge in [-0.2, -0.15) is 0 Å². The lowest BCUT2D eigenvalue weighted by molar-refractivity contribution is -0.125. The first-order valence-corrected chi connectivity index (χ1v) is 6.09. The molecule has 0 aliphatic carbocycles. The van der Waals surface area contributed by atoms with E-state index in [9.17, 15) is 9.18 Å². The molecule has 0 saturated carbocycles. The maximum atomic E-state index is 13.6. The SMILES string of the molecule is O=C(Cc1cccc(Cl)c1F)C1CCOCC1. The molecule has 0 N–H and O–H groups in total. The van der Waals surface area contributed by atoms with Gasteiger partial charge in [-0.15, -0.1) is 0 Å². The van der Waals surface area contributed by atoms with Crippen molar-refractivity contribution in [3.8, 4) is 0 Å². The first kappa shape index (κ1) is 12.5. The average Bonchev–Trinajstić information content (AvgIpc) is 2.36. The van der Waals surface area contributed by atoms with Crippen molar-refractivity contribution in [3.05, 3.63) is 34.6 Å². The summed E-state index contributed by atoms with van der Waals surface area (Å²) in [5.74, 6) is -0.397. The zero-order valence-corrected chi connectivity index (χ0v) is 10.2. The summed E-state index contributed by atoms with van der Waals surface area (Å²) in [6.45, 7) is 1.24. The molecule has 1 aromatic carbocycles. The van der Waals surface area contributed by atoms with E-state index in [2.05, 4.69) is 0 Å². The fourth-order valence-corrected chi connectivity index (χ4v) is 2.23. The molecule has 0 unspecified atom stereocenters. The molecule has 4 heteroatoms. The summed E-state index contributed by atoms with van der Waals surface area (Å²) in [7, 11) is 0. The largest absolute Gasteiger partial charge is 0.381 e. The highest BCUT2D eigenvalue weighted by Crippen LogP contribution is 2.22. The van der Waals surface area contributed by atoms with Gasteiger partial charge in [0.05, 0.1) is 5.02 Å². The normalized spacial score (nSPS) is 17.1. The van der Waals surface area contributed by atoms with Gasteiger partial charge in [0.1, 0.15) is 11.6 Å². The van der Waals surface area contributed by atoms with E-state index in [1.165, 1.54) is 6.07 Å². The number of benzene rings is 1. The van der Waals surface area contributed by atoms with Crippen molar-refractivity contribution in [2.75, 3.05) is 13.2 Å². The Kier molecular flexibility index (Phi) is 4.13. The van der Waals surface area contributed by atoms with Crippen LogP contribution in [0.4, 0.5) is 4.39 Å². The third-order valence-corrected chi connectivity index (χ3v) is 3.36. The van der Waals surface area contributed by atoms with Gasteiger partial charge >= 0.3 is 0 Å². The number of rotatable bonds is 3. The van der Waals surface area contributed by atoms with E-state index in [0.717, 1.165) is 12.8 Å². The summed E-state index contributed by atoms with van der Waals surface area (Å²) in [6, 6.07) is 4.76. The Morgan fingerprint density at radius 3 is 2.82 bits per heavy atom. The van der Waals surface area contributed by atoms with E-state index in [4.69, 9.17) is 16.3 Å². The zero-order chi connectivity index (χ0) is 12.3. The van der Waals surface area contributed by atoms with Crippen molar-refractivity contribution in [2.45, 2.75) is 19.3 Å². The fraction of sp³-hybridized carbons (Fsp3) is 0.462. The van der Waals surface area contributed by atoms with Crippen LogP contribution in [-0.2, 0) is 16.0 Å². The molecule has 1 aliphatic rings. The third kappa shape index (κ3) is 3.05. The number of halogens is 2. The molecule has 0 amide bonds. The summed E-state index contributed by atoms with van der Waals surface area (Å²) in [5.41, 5.74) is 0.383. The van der Waals surface area contributed by atoms with Gasteiger partial charge in [-0.25, -0.2) is 4.39 Å². The fourth-order valence-electron chi connectivity index (χ4n) is 2.04. The maximum absolute atomic E-state index is 13.6. The smallest absolute Gasteiger partial charge is 0.145 e. The Balaban J connectivity index is 2.04. The standard InChI is InChI=1S/C13H14ClFO2/c14-11-3-1-2-10(13(11)15)8-12(16)9-4-6-17-7-5-9/h1-3,9H,4-8H2. The van der Waals surface area contributed by atoms with Gasteiger partial charge in [-0.05, 0) is 24.5 Å². The highest BCUT2D eigenvalue weighted by atomic mass is 35.5. The maximum Gasteiger partial charge on any atom is 0.145 e. The number of carbonyl (C=O) groups is 1. The summed E-state index contributed by atoms with van der Waals surface area (Å²) in [4.78, 5) is 12.0. The first-order valence-electron chi connectivity index (χ1n) is 5.72.